The third-order valence-electron chi connectivity index (χ3n) is 2.26. The smallest absolute Gasteiger partial charge is 0.334 e. The molecule has 0 unspecified atom stereocenters. The first kappa shape index (κ1) is 13.8. The molecule has 1 rings (SSSR count). The van der Waals surface area contributed by atoms with Gasteiger partial charge in [-0.25, -0.2) is 4.79 Å². The highest BCUT2D eigenvalue weighted by Gasteiger charge is 2.09. The molecule has 0 aliphatic rings. The van der Waals surface area contributed by atoms with Crippen molar-refractivity contribution in [3.8, 4) is 0 Å². The molecule has 0 atom stereocenters. The zero-order valence-corrected chi connectivity index (χ0v) is 11.3. The van der Waals surface area contributed by atoms with E-state index in [1.165, 1.54) is 5.56 Å². The predicted molar refractivity (Wildman–Crippen MR) is 74.2 cm³/mol. The number of benzene rings is 1. The van der Waals surface area contributed by atoms with Gasteiger partial charge >= 0.3 is 5.97 Å². The topological polar surface area (TPSA) is 26.3 Å². The van der Waals surface area contributed by atoms with E-state index < -0.39 is 0 Å². The normalized spacial score (nSPS) is 11.4. The van der Waals surface area contributed by atoms with Gasteiger partial charge in [0.1, 0.15) is 0 Å². The van der Waals surface area contributed by atoms with Crippen molar-refractivity contribution in [2.45, 2.75) is 13.8 Å². The first-order valence-corrected chi connectivity index (χ1v) is 7.00. The van der Waals surface area contributed by atoms with Crippen LogP contribution in [-0.2, 0) is 9.53 Å². The highest BCUT2D eigenvalue weighted by Crippen LogP contribution is 2.13. The summed E-state index contributed by atoms with van der Waals surface area (Å²) in [7, 11) is 0. The van der Waals surface area contributed by atoms with Crippen molar-refractivity contribution in [1.29, 1.82) is 0 Å². The van der Waals surface area contributed by atoms with E-state index in [-0.39, 0.29) is 5.97 Å². The Morgan fingerprint density at radius 3 is 2.53 bits per heavy atom. The second-order valence-electron chi connectivity index (χ2n) is 3.73. The molecule has 0 amide bonds. The maximum absolute atomic E-state index is 11.7. The monoisotopic (exact) mass is 250 g/mol. The van der Waals surface area contributed by atoms with Crippen molar-refractivity contribution in [1.82, 2.24) is 0 Å². The number of hydrogen-bond acceptors (Lipinski definition) is 3. The lowest BCUT2D eigenvalue weighted by Gasteiger charge is -2.05. The molecule has 0 aliphatic heterocycles. The summed E-state index contributed by atoms with van der Waals surface area (Å²) in [5, 5.41) is 0. The van der Waals surface area contributed by atoms with Crippen LogP contribution in [0.3, 0.4) is 0 Å². The average Bonchev–Trinajstić information content (AvgIpc) is 2.31. The summed E-state index contributed by atoms with van der Waals surface area (Å²) in [6.07, 6.45) is 3.87. The summed E-state index contributed by atoms with van der Waals surface area (Å²) in [6, 6.07) is 8.09. The zero-order chi connectivity index (χ0) is 12.7. The minimum atomic E-state index is -0.220. The molecule has 92 valence electrons. The standard InChI is InChI=1S/C14H18O2S/c1-4-16-14(15)13(10-17-3)9-12-7-5-11(2)6-8-12/h5-9H,4,10H2,1-3H3/b13-9+. The zero-order valence-electron chi connectivity index (χ0n) is 10.5. The fourth-order valence-electron chi connectivity index (χ4n) is 1.40. The van der Waals surface area contributed by atoms with E-state index in [9.17, 15) is 4.79 Å². The van der Waals surface area contributed by atoms with Gasteiger partial charge < -0.3 is 4.74 Å². The van der Waals surface area contributed by atoms with Crippen LogP contribution in [0, 0.1) is 6.92 Å². The van der Waals surface area contributed by atoms with E-state index in [1.54, 1.807) is 11.8 Å². The molecule has 1 aromatic carbocycles. The summed E-state index contributed by atoms with van der Waals surface area (Å²) in [6.45, 7) is 4.28. The maximum Gasteiger partial charge on any atom is 0.334 e. The Hall–Kier alpha value is -1.22. The van der Waals surface area contributed by atoms with E-state index >= 15 is 0 Å². The molecule has 0 N–H and O–H groups in total. The van der Waals surface area contributed by atoms with Gasteiger partial charge in [0.05, 0.1) is 6.61 Å². The Bertz CT molecular complexity index is 393. The summed E-state index contributed by atoms with van der Waals surface area (Å²) in [5.41, 5.74) is 2.96. The van der Waals surface area contributed by atoms with Gasteiger partial charge in [-0.2, -0.15) is 11.8 Å². The number of thioether (sulfide) groups is 1. The molecule has 0 heterocycles. The van der Waals surface area contributed by atoms with Crippen molar-refractivity contribution in [3.63, 3.8) is 0 Å². The minimum absolute atomic E-state index is 0.220. The molecular formula is C14H18O2S. The lowest BCUT2D eigenvalue weighted by Crippen LogP contribution is -2.09. The lowest BCUT2D eigenvalue weighted by atomic mass is 10.1. The Labute approximate surface area is 107 Å². The van der Waals surface area contributed by atoms with E-state index in [4.69, 9.17) is 4.74 Å². The third-order valence-corrected chi connectivity index (χ3v) is 2.86. The van der Waals surface area contributed by atoms with E-state index in [0.717, 1.165) is 5.56 Å². The highest BCUT2D eigenvalue weighted by molar-refractivity contribution is 7.98. The lowest BCUT2D eigenvalue weighted by molar-refractivity contribution is -0.138. The van der Waals surface area contributed by atoms with Gasteiger partial charge in [0, 0.05) is 11.3 Å². The van der Waals surface area contributed by atoms with Gasteiger partial charge in [-0.1, -0.05) is 29.8 Å². The highest BCUT2D eigenvalue weighted by atomic mass is 32.2. The number of carbonyl (C=O) groups excluding carboxylic acids is 1. The average molecular weight is 250 g/mol. The van der Waals surface area contributed by atoms with E-state index in [2.05, 4.69) is 0 Å². The van der Waals surface area contributed by atoms with Gasteiger partial charge in [0.25, 0.3) is 0 Å². The molecule has 1 aromatic rings. The molecule has 0 aliphatic carbocycles. The van der Waals surface area contributed by atoms with Crippen LogP contribution in [0.4, 0.5) is 0 Å². The Kier molecular flexibility index (Phi) is 5.84. The number of hydrogen-bond donors (Lipinski definition) is 0. The number of ether oxygens (including phenoxy) is 1. The van der Waals surface area contributed by atoms with Crippen LogP contribution >= 0.6 is 11.8 Å². The van der Waals surface area contributed by atoms with Crippen molar-refractivity contribution >= 4 is 23.8 Å². The van der Waals surface area contributed by atoms with Crippen molar-refractivity contribution in [3.05, 3.63) is 41.0 Å². The fraction of sp³-hybridized carbons (Fsp3) is 0.357. The first-order valence-electron chi connectivity index (χ1n) is 5.60. The van der Waals surface area contributed by atoms with Crippen LogP contribution < -0.4 is 0 Å². The van der Waals surface area contributed by atoms with Gasteiger partial charge in [-0.15, -0.1) is 0 Å². The van der Waals surface area contributed by atoms with Gasteiger partial charge in [-0.3, -0.25) is 0 Å². The SMILES string of the molecule is CCOC(=O)/C(=C/c1ccc(C)cc1)CSC. The Morgan fingerprint density at radius 2 is 2.00 bits per heavy atom. The van der Waals surface area contributed by atoms with Crippen molar-refractivity contribution < 1.29 is 9.53 Å². The van der Waals surface area contributed by atoms with Crippen LogP contribution in [0.25, 0.3) is 6.08 Å². The molecule has 0 saturated heterocycles. The van der Waals surface area contributed by atoms with Crippen LogP contribution in [0.1, 0.15) is 18.1 Å². The number of esters is 1. The summed E-state index contributed by atoms with van der Waals surface area (Å²) >= 11 is 1.62. The van der Waals surface area contributed by atoms with Crippen LogP contribution in [-0.4, -0.2) is 24.6 Å². The van der Waals surface area contributed by atoms with Gasteiger partial charge in [0.2, 0.25) is 0 Å². The first-order chi connectivity index (χ1) is 8.17. The Morgan fingerprint density at radius 1 is 1.35 bits per heavy atom. The molecule has 0 radical (unpaired) electrons. The molecule has 0 saturated carbocycles. The van der Waals surface area contributed by atoms with E-state index in [1.807, 2.05) is 50.4 Å². The molecule has 0 aromatic heterocycles. The van der Waals surface area contributed by atoms with Gasteiger partial charge in [0.15, 0.2) is 0 Å². The number of rotatable bonds is 5. The van der Waals surface area contributed by atoms with Gasteiger partial charge in [-0.05, 0) is 31.7 Å². The summed E-state index contributed by atoms with van der Waals surface area (Å²) in [5.74, 6) is 0.453. The van der Waals surface area contributed by atoms with E-state index in [0.29, 0.717) is 17.9 Å². The molecule has 0 spiro atoms. The van der Waals surface area contributed by atoms with Crippen molar-refractivity contribution in [2.75, 3.05) is 18.6 Å². The molecular weight excluding hydrogens is 232 g/mol. The molecule has 17 heavy (non-hydrogen) atoms. The van der Waals surface area contributed by atoms with Crippen molar-refractivity contribution in [2.24, 2.45) is 0 Å². The minimum Gasteiger partial charge on any atom is -0.463 e. The number of aryl methyl sites for hydroxylation is 1. The third kappa shape index (κ3) is 4.65. The largest absolute Gasteiger partial charge is 0.463 e. The van der Waals surface area contributed by atoms with Crippen LogP contribution in [0.5, 0.6) is 0 Å². The fourth-order valence-corrected chi connectivity index (χ4v) is 1.91. The quantitative estimate of drug-likeness (QED) is 0.592. The second-order valence-corrected chi connectivity index (χ2v) is 4.60. The summed E-state index contributed by atoms with van der Waals surface area (Å²) in [4.78, 5) is 11.7. The Balaban J connectivity index is 2.89. The maximum atomic E-state index is 11.7. The van der Waals surface area contributed by atoms with Crippen LogP contribution in [0.15, 0.2) is 29.8 Å². The predicted octanol–water partition coefficient (Wildman–Crippen LogP) is 3.30. The molecule has 0 bridgehead atoms. The number of carbonyl (C=O) groups is 1. The molecule has 3 heteroatoms. The molecule has 2 nitrogen and oxygen atoms in total. The second kappa shape index (κ2) is 7.17. The molecule has 0 fully saturated rings. The van der Waals surface area contributed by atoms with Crippen LogP contribution in [0.2, 0.25) is 0 Å². The summed E-state index contributed by atoms with van der Waals surface area (Å²) < 4.78 is 5.03.